The second-order valence-electron chi connectivity index (χ2n) is 4.67. The molecule has 0 saturated heterocycles. The van der Waals surface area contributed by atoms with E-state index >= 15 is 0 Å². The highest BCUT2D eigenvalue weighted by Crippen LogP contribution is 2.76. The standard InChI is InChI=1S/C12H9F3O/c13-12(14,15)8-3-1-7(2-4-8)10(16)11-5-9(11)6-11/h1-4,9H,5-6H2. The van der Waals surface area contributed by atoms with Crippen LogP contribution in [-0.4, -0.2) is 5.78 Å². The maximum atomic E-state index is 12.3. The van der Waals surface area contributed by atoms with Gasteiger partial charge in [0.15, 0.2) is 5.78 Å². The number of benzene rings is 1. The molecule has 2 fully saturated rings. The van der Waals surface area contributed by atoms with Crippen LogP contribution >= 0.6 is 0 Å². The highest BCUT2D eigenvalue weighted by Gasteiger charge is 2.74. The molecule has 0 bridgehead atoms. The molecule has 0 atom stereocenters. The Morgan fingerprint density at radius 1 is 1.19 bits per heavy atom. The molecule has 1 aromatic rings. The van der Waals surface area contributed by atoms with E-state index in [1.165, 1.54) is 12.1 Å². The van der Waals surface area contributed by atoms with E-state index in [9.17, 15) is 18.0 Å². The summed E-state index contributed by atoms with van der Waals surface area (Å²) in [5.74, 6) is 0.536. The molecule has 0 heterocycles. The van der Waals surface area contributed by atoms with Gasteiger partial charge in [0.25, 0.3) is 0 Å². The molecule has 0 aromatic heterocycles. The van der Waals surface area contributed by atoms with Crippen LogP contribution in [0.5, 0.6) is 0 Å². The van der Waals surface area contributed by atoms with Gasteiger partial charge in [-0.1, -0.05) is 12.1 Å². The molecule has 84 valence electrons. The van der Waals surface area contributed by atoms with Crippen LogP contribution in [0.3, 0.4) is 0 Å². The lowest BCUT2D eigenvalue weighted by molar-refractivity contribution is -0.137. The molecule has 0 unspecified atom stereocenters. The fraction of sp³-hybridized carbons (Fsp3) is 0.417. The Balaban J connectivity index is 1.85. The molecule has 0 spiro atoms. The Morgan fingerprint density at radius 3 is 2.06 bits per heavy atom. The van der Waals surface area contributed by atoms with E-state index in [4.69, 9.17) is 0 Å². The van der Waals surface area contributed by atoms with E-state index in [1.54, 1.807) is 0 Å². The summed E-state index contributed by atoms with van der Waals surface area (Å²) < 4.78 is 36.9. The number of hydrogen-bond acceptors (Lipinski definition) is 1. The molecular formula is C12H9F3O. The SMILES string of the molecule is O=C(c1ccc(C(F)(F)F)cc1)C12CC1C2. The molecule has 0 radical (unpaired) electrons. The van der Waals surface area contributed by atoms with E-state index in [1.807, 2.05) is 0 Å². The van der Waals surface area contributed by atoms with Gasteiger partial charge in [-0.15, -0.1) is 0 Å². The van der Waals surface area contributed by atoms with Crippen LogP contribution in [0.2, 0.25) is 0 Å². The van der Waals surface area contributed by atoms with Crippen molar-refractivity contribution in [1.82, 2.24) is 0 Å². The minimum Gasteiger partial charge on any atom is -0.294 e. The topological polar surface area (TPSA) is 17.1 Å². The van der Waals surface area contributed by atoms with E-state index < -0.39 is 11.7 Å². The van der Waals surface area contributed by atoms with Crippen LogP contribution in [0.1, 0.15) is 28.8 Å². The molecule has 2 saturated carbocycles. The first-order chi connectivity index (χ1) is 7.43. The monoisotopic (exact) mass is 226 g/mol. The molecule has 16 heavy (non-hydrogen) atoms. The van der Waals surface area contributed by atoms with Crippen LogP contribution in [0.4, 0.5) is 13.2 Å². The van der Waals surface area contributed by atoms with Crippen molar-refractivity contribution in [1.29, 1.82) is 0 Å². The molecule has 0 amide bonds. The number of carbonyl (C=O) groups is 1. The second-order valence-corrected chi connectivity index (χ2v) is 4.67. The predicted octanol–water partition coefficient (Wildman–Crippen LogP) is 3.30. The van der Waals surface area contributed by atoms with Crippen LogP contribution in [0.15, 0.2) is 24.3 Å². The molecule has 1 nitrogen and oxygen atoms in total. The molecular weight excluding hydrogens is 217 g/mol. The minimum absolute atomic E-state index is 0.0197. The third-order valence-electron chi connectivity index (χ3n) is 3.61. The largest absolute Gasteiger partial charge is 0.416 e. The van der Waals surface area contributed by atoms with Crippen molar-refractivity contribution in [3.63, 3.8) is 0 Å². The van der Waals surface area contributed by atoms with E-state index in [-0.39, 0.29) is 11.2 Å². The second kappa shape index (κ2) is 2.67. The molecule has 2 aliphatic rings. The van der Waals surface area contributed by atoms with Gasteiger partial charge in [0, 0.05) is 11.0 Å². The number of ketones is 1. The number of Topliss-reactive ketones (excluding diaryl/α,β-unsaturated/α-hetero) is 1. The molecule has 2 aliphatic carbocycles. The first-order valence-electron chi connectivity index (χ1n) is 5.15. The Bertz CT molecular complexity index is 452. The lowest BCUT2D eigenvalue weighted by Gasteiger charge is -2.07. The fourth-order valence-electron chi connectivity index (χ4n) is 2.17. The first kappa shape index (κ1) is 9.87. The number of carbonyl (C=O) groups excluding carboxylic acids is 1. The van der Waals surface area contributed by atoms with Crippen molar-refractivity contribution in [2.75, 3.05) is 0 Å². The van der Waals surface area contributed by atoms with Crippen LogP contribution in [0.25, 0.3) is 0 Å². The van der Waals surface area contributed by atoms with E-state index in [0.29, 0.717) is 11.5 Å². The number of fused-ring (bicyclic) bond motifs is 1. The molecule has 0 aliphatic heterocycles. The van der Waals surface area contributed by atoms with Crippen molar-refractivity contribution in [3.05, 3.63) is 35.4 Å². The Kier molecular flexibility index (Phi) is 1.65. The zero-order chi connectivity index (χ0) is 11.6. The third kappa shape index (κ3) is 1.29. The van der Waals surface area contributed by atoms with Crippen molar-refractivity contribution < 1.29 is 18.0 Å². The van der Waals surface area contributed by atoms with Crippen molar-refractivity contribution in [2.45, 2.75) is 19.0 Å². The average molecular weight is 226 g/mol. The number of halogens is 3. The quantitative estimate of drug-likeness (QED) is 0.707. The van der Waals surface area contributed by atoms with Crippen LogP contribution in [0, 0.1) is 11.3 Å². The Labute approximate surface area is 90.3 Å². The van der Waals surface area contributed by atoms with Gasteiger partial charge < -0.3 is 0 Å². The summed E-state index contributed by atoms with van der Waals surface area (Å²) in [6, 6.07) is 4.52. The van der Waals surface area contributed by atoms with Gasteiger partial charge in [0.1, 0.15) is 0 Å². The minimum atomic E-state index is -4.33. The van der Waals surface area contributed by atoms with Gasteiger partial charge in [-0.3, -0.25) is 4.79 Å². The van der Waals surface area contributed by atoms with Crippen molar-refractivity contribution in [3.8, 4) is 0 Å². The summed E-state index contributed by atoms with van der Waals surface area (Å²) in [5.41, 5.74) is -0.461. The molecule has 4 heteroatoms. The zero-order valence-corrected chi connectivity index (χ0v) is 8.34. The number of alkyl halides is 3. The molecule has 1 aromatic carbocycles. The van der Waals surface area contributed by atoms with Gasteiger partial charge in [-0.2, -0.15) is 13.2 Å². The maximum Gasteiger partial charge on any atom is 0.416 e. The van der Waals surface area contributed by atoms with Crippen molar-refractivity contribution >= 4 is 5.78 Å². The van der Waals surface area contributed by atoms with Crippen LogP contribution in [-0.2, 0) is 6.18 Å². The summed E-state index contributed by atoms with van der Waals surface area (Å²) in [5, 5.41) is 0. The summed E-state index contributed by atoms with van der Waals surface area (Å²) in [7, 11) is 0. The molecule has 0 N–H and O–H groups in total. The zero-order valence-electron chi connectivity index (χ0n) is 8.34. The van der Waals surface area contributed by atoms with Crippen molar-refractivity contribution in [2.24, 2.45) is 11.3 Å². The normalized spacial score (nSPS) is 30.8. The van der Waals surface area contributed by atoms with Gasteiger partial charge in [0.05, 0.1) is 5.56 Å². The molecule has 3 rings (SSSR count). The number of hydrogen-bond donors (Lipinski definition) is 0. The highest BCUT2D eigenvalue weighted by molar-refractivity contribution is 6.05. The predicted molar refractivity (Wildman–Crippen MR) is 50.9 cm³/mol. The Hall–Kier alpha value is -1.32. The number of rotatable bonds is 2. The maximum absolute atomic E-state index is 12.3. The average Bonchev–Trinajstić information content (AvgIpc) is 3.03. The van der Waals surface area contributed by atoms with Gasteiger partial charge >= 0.3 is 6.18 Å². The van der Waals surface area contributed by atoms with Gasteiger partial charge in [-0.05, 0) is 30.9 Å². The smallest absolute Gasteiger partial charge is 0.294 e. The fourth-order valence-corrected chi connectivity index (χ4v) is 2.17. The Morgan fingerprint density at radius 2 is 1.69 bits per heavy atom. The van der Waals surface area contributed by atoms with E-state index in [0.717, 1.165) is 25.0 Å². The van der Waals surface area contributed by atoms with Crippen LogP contribution < -0.4 is 0 Å². The summed E-state index contributed by atoms with van der Waals surface area (Å²) in [6.07, 6.45) is -2.48. The summed E-state index contributed by atoms with van der Waals surface area (Å²) in [4.78, 5) is 11.9. The summed E-state index contributed by atoms with van der Waals surface area (Å²) >= 11 is 0. The first-order valence-corrected chi connectivity index (χ1v) is 5.15. The highest BCUT2D eigenvalue weighted by atomic mass is 19.4. The van der Waals surface area contributed by atoms with Gasteiger partial charge in [0.2, 0.25) is 0 Å². The van der Waals surface area contributed by atoms with E-state index in [2.05, 4.69) is 0 Å². The lowest BCUT2D eigenvalue weighted by Crippen LogP contribution is -2.09. The third-order valence-corrected chi connectivity index (χ3v) is 3.61. The lowest BCUT2D eigenvalue weighted by atomic mass is 10.00. The summed E-state index contributed by atoms with van der Waals surface area (Å²) in [6.45, 7) is 0. The van der Waals surface area contributed by atoms with Gasteiger partial charge in [-0.25, -0.2) is 0 Å².